The van der Waals surface area contributed by atoms with Gasteiger partial charge in [-0.2, -0.15) is 0 Å². The third-order valence-corrected chi connectivity index (χ3v) is 5.32. The van der Waals surface area contributed by atoms with Crippen molar-refractivity contribution in [3.05, 3.63) is 34.9 Å². The molecule has 0 aromatic heterocycles. The summed E-state index contributed by atoms with van der Waals surface area (Å²) in [6.07, 6.45) is 1.02. The van der Waals surface area contributed by atoms with Gasteiger partial charge in [-0.15, -0.1) is 24.0 Å². The molecule has 0 aliphatic carbocycles. The summed E-state index contributed by atoms with van der Waals surface area (Å²) in [6, 6.07) is 7.26. The number of halogens is 1. The summed E-state index contributed by atoms with van der Waals surface area (Å²) < 4.78 is 0. The zero-order valence-corrected chi connectivity index (χ0v) is 20.8. The van der Waals surface area contributed by atoms with Crippen molar-refractivity contribution in [2.45, 2.75) is 47.1 Å². The van der Waals surface area contributed by atoms with Crippen molar-refractivity contribution in [1.29, 1.82) is 0 Å². The highest BCUT2D eigenvalue weighted by molar-refractivity contribution is 14.0. The first-order chi connectivity index (χ1) is 13.0. The molecule has 28 heavy (non-hydrogen) atoms. The smallest absolute Gasteiger partial charge is 0.191 e. The first-order valence-electron chi connectivity index (χ1n) is 10.6. The van der Waals surface area contributed by atoms with Gasteiger partial charge in [-0.25, -0.2) is 0 Å². The van der Waals surface area contributed by atoms with E-state index in [9.17, 15) is 0 Å². The van der Waals surface area contributed by atoms with Crippen LogP contribution in [0.2, 0.25) is 0 Å². The number of guanidine groups is 1. The Morgan fingerprint density at radius 1 is 1.04 bits per heavy atom. The predicted molar refractivity (Wildman–Crippen MR) is 132 cm³/mol. The van der Waals surface area contributed by atoms with Crippen LogP contribution in [0.25, 0.3) is 0 Å². The number of likely N-dealkylation sites (N-methyl/N-ethyl adjacent to an activating group) is 1. The standard InChI is InChI=1S/C22H39N5.HI/c1-6-23-22(24-9-8-21-15-18(3)14-19(4)16-21)25-17-20(5)27-12-10-26(7-2)11-13-27;/h14-16,20H,6-13,17H2,1-5H3,(H2,23,24,25);1H. The van der Waals surface area contributed by atoms with Gasteiger partial charge in [0.15, 0.2) is 5.96 Å². The molecule has 1 atom stereocenters. The van der Waals surface area contributed by atoms with Gasteiger partial charge >= 0.3 is 0 Å². The topological polar surface area (TPSA) is 42.9 Å². The molecule has 1 aliphatic heterocycles. The Morgan fingerprint density at radius 2 is 1.68 bits per heavy atom. The van der Waals surface area contributed by atoms with E-state index in [4.69, 9.17) is 4.99 Å². The second-order valence-corrected chi connectivity index (χ2v) is 7.71. The highest BCUT2D eigenvalue weighted by atomic mass is 127. The van der Waals surface area contributed by atoms with Crippen LogP contribution in [0.3, 0.4) is 0 Å². The minimum Gasteiger partial charge on any atom is -0.357 e. The molecule has 1 fully saturated rings. The van der Waals surface area contributed by atoms with Gasteiger partial charge in [0.05, 0.1) is 6.54 Å². The number of rotatable bonds is 8. The Labute approximate surface area is 189 Å². The lowest BCUT2D eigenvalue weighted by Gasteiger charge is -2.37. The van der Waals surface area contributed by atoms with Crippen molar-refractivity contribution in [2.24, 2.45) is 4.99 Å². The normalized spacial score (nSPS) is 17.1. The summed E-state index contributed by atoms with van der Waals surface area (Å²) in [5.74, 6) is 0.931. The number of benzene rings is 1. The van der Waals surface area contributed by atoms with E-state index >= 15 is 0 Å². The maximum atomic E-state index is 4.83. The van der Waals surface area contributed by atoms with Crippen LogP contribution in [0.4, 0.5) is 0 Å². The van der Waals surface area contributed by atoms with Crippen LogP contribution in [0.5, 0.6) is 0 Å². The molecular weight excluding hydrogens is 461 g/mol. The quantitative estimate of drug-likeness (QED) is 0.327. The lowest BCUT2D eigenvalue weighted by molar-refractivity contribution is 0.109. The van der Waals surface area contributed by atoms with Gasteiger partial charge in [0.1, 0.15) is 0 Å². The van der Waals surface area contributed by atoms with Crippen molar-refractivity contribution in [2.75, 3.05) is 52.4 Å². The van der Waals surface area contributed by atoms with Crippen LogP contribution in [-0.2, 0) is 6.42 Å². The van der Waals surface area contributed by atoms with Crippen LogP contribution >= 0.6 is 24.0 Å². The molecule has 1 unspecified atom stereocenters. The number of aliphatic imine (C=N–C) groups is 1. The molecule has 2 N–H and O–H groups in total. The lowest BCUT2D eigenvalue weighted by Crippen LogP contribution is -2.50. The zero-order chi connectivity index (χ0) is 19.6. The van der Waals surface area contributed by atoms with E-state index < -0.39 is 0 Å². The van der Waals surface area contributed by atoms with Crippen molar-refractivity contribution < 1.29 is 0 Å². The van der Waals surface area contributed by atoms with Gasteiger partial charge in [-0.05, 0) is 46.2 Å². The molecule has 1 heterocycles. The van der Waals surface area contributed by atoms with E-state index in [0.29, 0.717) is 6.04 Å². The number of piperazine rings is 1. The largest absolute Gasteiger partial charge is 0.357 e. The number of aryl methyl sites for hydroxylation is 2. The number of hydrogen-bond acceptors (Lipinski definition) is 3. The molecule has 0 spiro atoms. The van der Waals surface area contributed by atoms with Gasteiger partial charge in [0.25, 0.3) is 0 Å². The zero-order valence-electron chi connectivity index (χ0n) is 18.4. The third-order valence-electron chi connectivity index (χ3n) is 5.32. The van der Waals surface area contributed by atoms with Gasteiger partial charge in [-0.1, -0.05) is 36.2 Å². The molecule has 160 valence electrons. The van der Waals surface area contributed by atoms with E-state index in [1.54, 1.807) is 0 Å². The second-order valence-electron chi connectivity index (χ2n) is 7.71. The van der Waals surface area contributed by atoms with Crippen molar-refractivity contribution in [3.63, 3.8) is 0 Å². The summed E-state index contributed by atoms with van der Waals surface area (Å²) in [7, 11) is 0. The van der Waals surface area contributed by atoms with Crippen LogP contribution in [-0.4, -0.2) is 74.2 Å². The van der Waals surface area contributed by atoms with Gasteiger partial charge in [0.2, 0.25) is 0 Å². The first-order valence-corrected chi connectivity index (χ1v) is 10.6. The van der Waals surface area contributed by atoms with Gasteiger partial charge in [0, 0.05) is 45.3 Å². The second kappa shape index (κ2) is 13.4. The molecule has 0 radical (unpaired) electrons. The van der Waals surface area contributed by atoms with Crippen LogP contribution < -0.4 is 10.6 Å². The molecule has 1 aromatic carbocycles. The fourth-order valence-corrected chi connectivity index (χ4v) is 3.74. The Bertz CT molecular complexity index is 576. The molecule has 6 heteroatoms. The maximum absolute atomic E-state index is 4.83. The minimum atomic E-state index is 0. The van der Waals surface area contributed by atoms with Crippen LogP contribution in [0, 0.1) is 13.8 Å². The average Bonchev–Trinajstić information content (AvgIpc) is 2.65. The average molecular weight is 502 g/mol. The summed E-state index contributed by atoms with van der Waals surface area (Å²) in [4.78, 5) is 9.92. The minimum absolute atomic E-state index is 0. The Kier molecular flexibility index (Phi) is 12.0. The fourth-order valence-electron chi connectivity index (χ4n) is 3.74. The highest BCUT2D eigenvalue weighted by Gasteiger charge is 2.19. The number of hydrogen-bond donors (Lipinski definition) is 2. The van der Waals surface area contributed by atoms with E-state index in [-0.39, 0.29) is 24.0 Å². The highest BCUT2D eigenvalue weighted by Crippen LogP contribution is 2.09. The molecule has 1 saturated heterocycles. The maximum Gasteiger partial charge on any atom is 0.191 e. The summed E-state index contributed by atoms with van der Waals surface area (Å²) in [6.45, 7) is 19.4. The van der Waals surface area contributed by atoms with Crippen LogP contribution in [0.1, 0.15) is 37.5 Å². The summed E-state index contributed by atoms with van der Waals surface area (Å²) in [5.41, 5.74) is 4.06. The van der Waals surface area contributed by atoms with E-state index in [0.717, 1.165) is 51.6 Å². The predicted octanol–water partition coefficient (Wildman–Crippen LogP) is 3.05. The molecule has 5 nitrogen and oxygen atoms in total. The molecule has 2 rings (SSSR count). The summed E-state index contributed by atoms with van der Waals surface area (Å²) in [5, 5.41) is 6.87. The number of nitrogens with one attached hydrogen (secondary N) is 2. The van der Waals surface area contributed by atoms with Crippen molar-refractivity contribution >= 4 is 29.9 Å². The Hall–Kier alpha value is -0.860. The lowest BCUT2D eigenvalue weighted by atomic mass is 10.1. The van der Waals surface area contributed by atoms with E-state index in [1.807, 2.05) is 0 Å². The van der Waals surface area contributed by atoms with Gasteiger partial charge in [-0.3, -0.25) is 9.89 Å². The van der Waals surface area contributed by atoms with Crippen LogP contribution in [0.15, 0.2) is 23.2 Å². The molecule has 1 aromatic rings. The SMILES string of the molecule is CCNC(=NCC(C)N1CCN(CC)CC1)NCCc1cc(C)cc(C)c1.I. The van der Waals surface area contributed by atoms with E-state index in [2.05, 4.69) is 73.3 Å². The third kappa shape index (κ3) is 8.66. The van der Waals surface area contributed by atoms with E-state index in [1.165, 1.54) is 29.8 Å². The number of nitrogens with zero attached hydrogens (tertiary/aromatic N) is 3. The summed E-state index contributed by atoms with van der Waals surface area (Å²) >= 11 is 0. The Morgan fingerprint density at radius 3 is 2.25 bits per heavy atom. The first kappa shape index (κ1) is 25.2. The van der Waals surface area contributed by atoms with Crippen molar-refractivity contribution in [3.8, 4) is 0 Å². The molecule has 0 saturated carbocycles. The van der Waals surface area contributed by atoms with Crippen molar-refractivity contribution in [1.82, 2.24) is 20.4 Å². The molecule has 0 amide bonds. The molecule has 0 bridgehead atoms. The molecule has 1 aliphatic rings. The van der Waals surface area contributed by atoms with Gasteiger partial charge < -0.3 is 15.5 Å². The Balaban J connectivity index is 0.00000392. The molecular formula is C22H40IN5. The fraction of sp³-hybridized carbons (Fsp3) is 0.682. The monoisotopic (exact) mass is 501 g/mol.